The van der Waals surface area contributed by atoms with Gasteiger partial charge in [0.05, 0.1) is 5.75 Å². The molecule has 0 bridgehead atoms. The summed E-state index contributed by atoms with van der Waals surface area (Å²) in [5.41, 5.74) is 0. The molecule has 1 heterocycles. The lowest BCUT2D eigenvalue weighted by Crippen LogP contribution is -2.09. The van der Waals surface area contributed by atoms with Crippen LogP contribution < -0.4 is 0 Å². The predicted molar refractivity (Wildman–Crippen MR) is 65.2 cm³/mol. The second-order valence-electron chi connectivity index (χ2n) is 4.73. The Kier molecular flexibility index (Phi) is 3.71. The Hall–Kier alpha value is -1.04. The largest absolute Gasteiger partial charge is 0.481 e. The van der Waals surface area contributed by atoms with Crippen LogP contribution in [0.4, 0.5) is 0 Å². The highest BCUT2D eigenvalue weighted by molar-refractivity contribution is 7.99. The molecular formula is C11H17N3O2S. The molecule has 0 radical (unpaired) electrons. The van der Waals surface area contributed by atoms with Gasteiger partial charge in [-0.25, -0.2) is 0 Å². The molecule has 2 rings (SSSR count). The number of carbonyl (C=O) groups is 1. The van der Waals surface area contributed by atoms with E-state index in [1.54, 1.807) is 0 Å². The van der Waals surface area contributed by atoms with E-state index < -0.39 is 5.97 Å². The number of nitrogens with zero attached hydrogens (tertiary/aromatic N) is 3. The maximum atomic E-state index is 10.6. The van der Waals surface area contributed by atoms with Crippen LogP contribution in [-0.2, 0) is 11.3 Å². The molecule has 0 unspecified atom stereocenters. The van der Waals surface area contributed by atoms with Crippen molar-refractivity contribution in [2.45, 2.75) is 44.3 Å². The first-order valence-corrected chi connectivity index (χ1v) is 6.84. The van der Waals surface area contributed by atoms with Crippen molar-refractivity contribution in [3.63, 3.8) is 0 Å². The van der Waals surface area contributed by atoms with E-state index >= 15 is 0 Å². The van der Waals surface area contributed by atoms with E-state index in [-0.39, 0.29) is 5.75 Å². The van der Waals surface area contributed by atoms with Crippen LogP contribution in [0.5, 0.6) is 0 Å². The molecule has 0 aromatic carbocycles. The summed E-state index contributed by atoms with van der Waals surface area (Å²) in [6.07, 6.45) is 2.53. The van der Waals surface area contributed by atoms with Crippen LogP contribution in [0, 0.1) is 5.92 Å². The first-order valence-electron chi connectivity index (χ1n) is 5.85. The predicted octanol–water partition coefficient (Wildman–Crippen LogP) is 1.99. The highest BCUT2D eigenvalue weighted by atomic mass is 32.2. The average molecular weight is 255 g/mol. The molecule has 1 fully saturated rings. The van der Waals surface area contributed by atoms with Crippen molar-refractivity contribution in [1.82, 2.24) is 14.8 Å². The average Bonchev–Trinajstić information content (AvgIpc) is 2.95. The van der Waals surface area contributed by atoms with Gasteiger partial charge in [0.25, 0.3) is 0 Å². The minimum Gasteiger partial charge on any atom is -0.481 e. The van der Waals surface area contributed by atoms with Crippen molar-refractivity contribution in [1.29, 1.82) is 0 Å². The molecule has 0 aliphatic heterocycles. The van der Waals surface area contributed by atoms with Gasteiger partial charge in [-0.1, -0.05) is 25.6 Å². The maximum Gasteiger partial charge on any atom is 0.313 e. The van der Waals surface area contributed by atoms with Crippen LogP contribution in [0.2, 0.25) is 0 Å². The number of carboxylic acids is 1. The van der Waals surface area contributed by atoms with E-state index in [1.807, 2.05) is 0 Å². The van der Waals surface area contributed by atoms with E-state index in [4.69, 9.17) is 5.11 Å². The molecule has 94 valence electrons. The van der Waals surface area contributed by atoms with Gasteiger partial charge in [0.1, 0.15) is 5.82 Å². The molecule has 0 spiro atoms. The summed E-state index contributed by atoms with van der Waals surface area (Å²) in [5, 5.41) is 17.7. The molecule has 1 saturated carbocycles. The number of hydrogen-bond donors (Lipinski definition) is 1. The van der Waals surface area contributed by atoms with Crippen LogP contribution in [0.25, 0.3) is 0 Å². The molecule has 0 saturated heterocycles. The number of hydrogen-bond acceptors (Lipinski definition) is 4. The zero-order chi connectivity index (χ0) is 12.4. The summed E-state index contributed by atoms with van der Waals surface area (Å²) in [6.45, 7) is 5.10. The molecule has 1 aliphatic rings. The summed E-state index contributed by atoms with van der Waals surface area (Å²) in [6, 6.07) is 0. The summed E-state index contributed by atoms with van der Waals surface area (Å²) < 4.78 is 2.09. The second-order valence-corrected chi connectivity index (χ2v) is 5.67. The van der Waals surface area contributed by atoms with Crippen LogP contribution in [0.1, 0.15) is 38.4 Å². The molecule has 0 atom stereocenters. The Morgan fingerprint density at radius 1 is 1.53 bits per heavy atom. The van der Waals surface area contributed by atoms with Crippen LogP contribution >= 0.6 is 11.8 Å². The summed E-state index contributed by atoms with van der Waals surface area (Å²) in [4.78, 5) is 10.6. The van der Waals surface area contributed by atoms with E-state index in [0.717, 1.165) is 23.4 Å². The minimum atomic E-state index is -0.818. The van der Waals surface area contributed by atoms with Crippen molar-refractivity contribution >= 4 is 17.7 Å². The molecular weight excluding hydrogens is 238 g/mol. The van der Waals surface area contributed by atoms with E-state index in [0.29, 0.717) is 5.92 Å². The van der Waals surface area contributed by atoms with Crippen LogP contribution in [0.15, 0.2) is 5.16 Å². The molecule has 1 aliphatic carbocycles. The number of carboxylic acid groups (broad SMARTS) is 1. The fourth-order valence-electron chi connectivity index (χ4n) is 1.69. The van der Waals surface area contributed by atoms with Gasteiger partial charge in [-0.3, -0.25) is 4.79 Å². The third-order valence-corrected chi connectivity index (χ3v) is 3.68. The van der Waals surface area contributed by atoms with Gasteiger partial charge in [-0.05, 0) is 18.8 Å². The summed E-state index contributed by atoms with van der Waals surface area (Å²) in [5.74, 6) is 1.24. The van der Waals surface area contributed by atoms with Crippen molar-refractivity contribution in [2.24, 2.45) is 5.92 Å². The smallest absolute Gasteiger partial charge is 0.313 e. The number of rotatable bonds is 6. The monoisotopic (exact) mass is 255 g/mol. The van der Waals surface area contributed by atoms with Crippen molar-refractivity contribution < 1.29 is 9.90 Å². The fraction of sp³-hybridized carbons (Fsp3) is 0.727. The first-order chi connectivity index (χ1) is 8.08. The normalized spacial score (nSPS) is 15.5. The van der Waals surface area contributed by atoms with Gasteiger partial charge >= 0.3 is 5.97 Å². The van der Waals surface area contributed by atoms with Gasteiger partial charge in [-0.15, -0.1) is 10.2 Å². The molecule has 1 N–H and O–H groups in total. The topological polar surface area (TPSA) is 68.0 Å². The fourth-order valence-corrected chi connectivity index (χ4v) is 2.37. The number of thioether (sulfide) groups is 1. The van der Waals surface area contributed by atoms with Crippen molar-refractivity contribution in [3.8, 4) is 0 Å². The maximum absolute atomic E-state index is 10.6. The first kappa shape index (κ1) is 12.4. The lowest BCUT2D eigenvalue weighted by Gasteiger charge is -2.10. The van der Waals surface area contributed by atoms with Gasteiger partial charge in [0.2, 0.25) is 0 Å². The van der Waals surface area contributed by atoms with Gasteiger partial charge in [-0.2, -0.15) is 0 Å². The lowest BCUT2D eigenvalue weighted by atomic mass is 10.2. The van der Waals surface area contributed by atoms with Gasteiger partial charge in [0, 0.05) is 12.5 Å². The highest BCUT2D eigenvalue weighted by Crippen LogP contribution is 2.33. The SMILES string of the molecule is CC(C)c1nnc(SCC(=O)O)n1CC1CC1. The van der Waals surface area contributed by atoms with Crippen molar-refractivity contribution in [2.75, 3.05) is 5.75 Å². The Morgan fingerprint density at radius 2 is 2.24 bits per heavy atom. The number of aromatic nitrogens is 3. The minimum absolute atomic E-state index is 0.0426. The Bertz CT molecular complexity index is 413. The zero-order valence-corrected chi connectivity index (χ0v) is 10.9. The van der Waals surface area contributed by atoms with Crippen LogP contribution in [-0.4, -0.2) is 31.6 Å². The quantitative estimate of drug-likeness (QED) is 0.787. The standard InChI is InChI=1S/C11H17N3O2S/c1-7(2)10-12-13-11(17-6-9(15)16)14(10)5-8-3-4-8/h7-8H,3-6H2,1-2H3,(H,15,16). The van der Waals surface area contributed by atoms with E-state index in [2.05, 4.69) is 28.6 Å². The van der Waals surface area contributed by atoms with Crippen LogP contribution in [0.3, 0.4) is 0 Å². The molecule has 5 nitrogen and oxygen atoms in total. The highest BCUT2D eigenvalue weighted by Gasteiger charge is 2.26. The summed E-state index contributed by atoms with van der Waals surface area (Å²) >= 11 is 1.25. The Labute approximate surface area is 105 Å². The van der Waals surface area contributed by atoms with Gasteiger partial charge in [0.15, 0.2) is 5.16 Å². The molecule has 1 aromatic rings. The van der Waals surface area contributed by atoms with Gasteiger partial charge < -0.3 is 9.67 Å². The molecule has 6 heteroatoms. The number of aliphatic carboxylic acids is 1. The third-order valence-electron chi connectivity index (χ3n) is 2.72. The summed E-state index contributed by atoms with van der Waals surface area (Å²) in [7, 11) is 0. The van der Waals surface area contributed by atoms with E-state index in [1.165, 1.54) is 24.6 Å². The molecule has 1 aromatic heterocycles. The Balaban J connectivity index is 2.14. The van der Waals surface area contributed by atoms with E-state index in [9.17, 15) is 4.79 Å². The zero-order valence-electron chi connectivity index (χ0n) is 10.1. The lowest BCUT2D eigenvalue weighted by molar-refractivity contribution is -0.133. The molecule has 0 amide bonds. The third kappa shape index (κ3) is 3.21. The Morgan fingerprint density at radius 3 is 2.76 bits per heavy atom. The molecule has 17 heavy (non-hydrogen) atoms. The van der Waals surface area contributed by atoms with Crippen molar-refractivity contribution in [3.05, 3.63) is 5.82 Å². The second kappa shape index (κ2) is 5.08.